The van der Waals surface area contributed by atoms with E-state index in [1.807, 2.05) is 35.7 Å². The van der Waals surface area contributed by atoms with Crippen LogP contribution in [0.5, 0.6) is 0 Å². The van der Waals surface area contributed by atoms with Crippen LogP contribution in [0.3, 0.4) is 0 Å². The van der Waals surface area contributed by atoms with Crippen molar-refractivity contribution < 1.29 is 4.79 Å². The fraction of sp³-hybridized carbons (Fsp3) is 0.100. The highest BCUT2D eigenvalue weighted by Gasteiger charge is 2.09. The number of hydrogen-bond acceptors (Lipinski definition) is 1. The van der Waals surface area contributed by atoms with Crippen LogP contribution in [0.25, 0.3) is 5.52 Å². The number of carbonyl (C=O) groups is 1. The van der Waals surface area contributed by atoms with Gasteiger partial charge in [0.2, 0.25) is 0 Å². The number of halogens is 1. The lowest BCUT2D eigenvalue weighted by Crippen LogP contribution is -1.88. The summed E-state index contributed by atoms with van der Waals surface area (Å²) in [7, 11) is 0. The van der Waals surface area contributed by atoms with Gasteiger partial charge >= 0.3 is 0 Å². The molecule has 0 aromatic carbocycles. The fourth-order valence-corrected chi connectivity index (χ4v) is 1.63. The summed E-state index contributed by atoms with van der Waals surface area (Å²) >= 11 is 5.44. The summed E-state index contributed by atoms with van der Waals surface area (Å²) in [5.41, 5.74) is 2.44. The predicted octanol–water partition coefficient (Wildman–Crippen LogP) is 2.63. The molecule has 0 atom stereocenters. The molecule has 0 aliphatic carbocycles. The molecule has 0 bridgehead atoms. The Morgan fingerprint density at radius 1 is 1.46 bits per heavy atom. The Morgan fingerprint density at radius 3 is 2.92 bits per heavy atom. The molecule has 0 saturated heterocycles. The van der Waals surface area contributed by atoms with Gasteiger partial charge in [0.1, 0.15) is 0 Å². The zero-order valence-electron chi connectivity index (χ0n) is 7.12. The van der Waals surface area contributed by atoms with Crippen LogP contribution in [0.1, 0.15) is 16.1 Å². The van der Waals surface area contributed by atoms with E-state index in [-0.39, 0.29) is 0 Å². The van der Waals surface area contributed by atoms with E-state index in [0.717, 1.165) is 11.2 Å². The van der Waals surface area contributed by atoms with Gasteiger partial charge in [0.15, 0.2) is 0 Å². The maximum Gasteiger partial charge on any atom is 0.254 e. The van der Waals surface area contributed by atoms with E-state index in [1.165, 1.54) is 0 Å². The van der Waals surface area contributed by atoms with Crippen LogP contribution in [0.4, 0.5) is 0 Å². The normalized spacial score (nSPS) is 10.6. The second-order valence-corrected chi connectivity index (χ2v) is 3.27. The Hall–Kier alpha value is -1.28. The molecule has 2 nitrogen and oxygen atoms in total. The van der Waals surface area contributed by atoms with Crippen molar-refractivity contribution in [3.63, 3.8) is 0 Å². The summed E-state index contributed by atoms with van der Waals surface area (Å²) < 4.78 is 1.94. The van der Waals surface area contributed by atoms with E-state index in [2.05, 4.69) is 0 Å². The molecule has 2 aromatic rings. The van der Waals surface area contributed by atoms with Crippen LogP contribution in [0.2, 0.25) is 0 Å². The first-order chi connectivity index (χ1) is 6.20. The largest absolute Gasteiger partial charge is 0.320 e. The molecule has 0 fully saturated rings. The monoisotopic (exact) mass is 193 g/mol. The third kappa shape index (κ3) is 1.23. The number of aryl methyl sites for hydroxylation is 1. The van der Waals surface area contributed by atoms with Gasteiger partial charge in [-0.3, -0.25) is 4.79 Å². The van der Waals surface area contributed by atoms with E-state index in [9.17, 15) is 4.79 Å². The molecule has 3 heteroatoms. The summed E-state index contributed by atoms with van der Waals surface area (Å²) in [6, 6.07) is 7.48. The van der Waals surface area contributed by atoms with Crippen LogP contribution >= 0.6 is 11.6 Å². The number of carbonyl (C=O) groups excluding carboxylic acids is 1. The van der Waals surface area contributed by atoms with Gasteiger partial charge in [0.25, 0.3) is 5.24 Å². The Kier molecular flexibility index (Phi) is 1.85. The number of nitrogens with zero attached hydrogens (tertiary/aromatic N) is 1. The molecule has 0 radical (unpaired) electrons. The number of aromatic nitrogens is 1. The minimum absolute atomic E-state index is 0.406. The van der Waals surface area contributed by atoms with E-state index < -0.39 is 5.24 Å². The Bertz CT molecular complexity index is 473. The molecule has 2 rings (SSSR count). The number of hydrogen-bond donors (Lipinski definition) is 0. The smallest absolute Gasteiger partial charge is 0.254 e. The summed E-state index contributed by atoms with van der Waals surface area (Å²) in [5, 5.41) is -0.406. The van der Waals surface area contributed by atoms with Gasteiger partial charge in [-0.1, -0.05) is 6.07 Å². The Balaban J connectivity index is 2.85. The quantitative estimate of drug-likeness (QED) is 0.638. The lowest BCUT2D eigenvalue weighted by molar-refractivity contribution is 0.108. The van der Waals surface area contributed by atoms with Crippen LogP contribution in [-0.2, 0) is 0 Å². The molecule has 0 saturated carbocycles. The van der Waals surface area contributed by atoms with Crippen molar-refractivity contribution in [3.8, 4) is 0 Å². The van der Waals surface area contributed by atoms with Crippen LogP contribution in [0, 0.1) is 6.92 Å². The average Bonchev–Trinajstić information content (AvgIpc) is 2.45. The maximum absolute atomic E-state index is 11.0. The molecule has 66 valence electrons. The fourth-order valence-electron chi connectivity index (χ4n) is 1.48. The van der Waals surface area contributed by atoms with Gasteiger partial charge < -0.3 is 4.40 Å². The number of pyridine rings is 1. The average molecular weight is 194 g/mol. The second-order valence-electron chi connectivity index (χ2n) is 2.93. The summed E-state index contributed by atoms with van der Waals surface area (Å²) in [6.45, 7) is 1.94. The molecule has 0 spiro atoms. The minimum Gasteiger partial charge on any atom is -0.320 e. The van der Waals surface area contributed by atoms with Crippen LogP contribution < -0.4 is 0 Å². The van der Waals surface area contributed by atoms with E-state index in [1.54, 1.807) is 6.07 Å². The van der Waals surface area contributed by atoms with Crippen molar-refractivity contribution >= 4 is 22.4 Å². The second kappa shape index (κ2) is 2.89. The van der Waals surface area contributed by atoms with E-state index >= 15 is 0 Å². The molecule has 2 aromatic heterocycles. The highest BCUT2D eigenvalue weighted by Crippen LogP contribution is 2.17. The zero-order valence-corrected chi connectivity index (χ0v) is 7.88. The summed E-state index contributed by atoms with van der Waals surface area (Å²) in [5.74, 6) is 0. The van der Waals surface area contributed by atoms with Crippen LogP contribution in [0.15, 0.2) is 30.5 Å². The number of rotatable bonds is 1. The summed E-state index contributed by atoms with van der Waals surface area (Å²) in [4.78, 5) is 11.0. The third-order valence-electron chi connectivity index (χ3n) is 2.08. The van der Waals surface area contributed by atoms with Gasteiger partial charge in [-0.25, -0.2) is 0 Å². The molecule has 0 unspecified atom stereocenters. The Morgan fingerprint density at radius 2 is 2.23 bits per heavy atom. The molecular weight excluding hydrogens is 186 g/mol. The van der Waals surface area contributed by atoms with E-state index in [4.69, 9.17) is 11.6 Å². The van der Waals surface area contributed by atoms with Gasteiger partial charge in [0.05, 0.1) is 11.1 Å². The van der Waals surface area contributed by atoms with Crippen molar-refractivity contribution in [2.75, 3.05) is 0 Å². The van der Waals surface area contributed by atoms with Crippen molar-refractivity contribution in [3.05, 3.63) is 41.7 Å². The van der Waals surface area contributed by atoms with Crippen molar-refractivity contribution in [2.24, 2.45) is 0 Å². The first kappa shape index (κ1) is 8.32. The van der Waals surface area contributed by atoms with Gasteiger partial charge in [-0.2, -0.15) is 0 Å². The summed E-state index contributed by atoms with van der Waals surface area (Å²) in [6.07, 6.45) is 1.91. The lowest BCUT2D eigenvalue weighted by atomic mass is 10.3. The Labute approximate surface area is 80.7 Å². The molecule has 0 N–H and O–H groups in total. The molecule has 13 heavy (non-hydrogen) atoms. The van der Waals surface area contributed by atoms with Gasteiger partial charge in [-0.05, 0) is 36.7 Å². The zero-order chi connectivity index (χ0) is 9.42. The highest BCUT2D eigenvalue weighted by molar-refractivity contribution is 6.68. The number of fused-ring (bicyclic) bond motifs is 1. The first-order valence-electron chi connectivity index (χ1n) is 3.96. The molecule has 0 aliphatic rings. The van der Waals surface area contributed by atoms with E-state index in [0.29, 0.717) is 5.56 Å². The van der Waals surface area contributed by atoms with Gasteiger partial charge in [-0.15, -0.1) is 0 Å². The molecular formula is C10H8ClNO. The molecule has 0 aliphatic heterocycles. The molecule has 2 heterocycles. The topological polar surface area (TPSA) is 21.5 Å². The minimum atomic E-state index is -0.406. The van der Waals surface area contributed by atoms with Crippen molar-refractivity contribution in [1.82, 2.24) is 4.40 Å². The SMILES string of the molecule is Cc1cc(C(=O)Cl)c2ccccn12. The maximum atomic E-state index is 11.0. The third-order valence-corrected chi connectivity index (χ3v) is 2.28. The highest BCUT2D eigenvalue weighted by atomic mass is 35.5. The first-order valence-corrected chi connectivity index (χ1v) is 4.34. The standard InChI is InChI=1S/C10H8ClNO/c1-7-6-8(10(11)13)9-4-2-3-5-12(7)9/h2-6H,1H3. The van der Waals surface area contributed by atoms with Crippen molar-refractivity contribution in [1.29, 1.82) is 0 Å². The van der Waals surface area contributed by atoms with Crippen LogP contribution in [-0.4, -0.2) is 9.64 Å². The van der Waals surface area contributed by atoms with Crippen molar-refractivity contribution in [2.45, 2.75) is 6.92 Å². The molecule has 0 amide bonds. The predicted molar refractivity (Wildman–Crippen MR) is 52.3 cm³/mol. The van der Waals surface area contributed by atoms with Gasteiger partial charge in [0, 0.05) is 11.9 Å². The lowest BCUT2D eigenvalue weighted by Gasteiger charge is -1.95.